The van der Waals surface area contributed by atoms with Gasteiger partial charge in [-0.1, -0.05) is 42.0 Å². The minimum absolute atomic E-state index is 0.146. The van der Waals surface area contributed by atoms with Gasteiger partial charge in [0.05, 0.1) is 6.54 Å². The van der Waals surface area contributed by atoms with Crippen LogP contribution >= 0.6 is 0 Å². The van der Waals surface area contributed by atoms with E-state index < -0.39 is 5.54 Å². The van der Waals surface area contributed by atoms with Gasteiger partial charge < -0.3 is 20.5 Å². The van der Waals surface area contributed by atoms with E-state index in [-0.39, 0.29) is 35.7 Å². The van der Waals surface area contributed by atoms with Crippen molar-refractivity contribution in [1.29, 1.82) is 0 Å². The van der Waals surface area contributed by atoms with E-state index in [1.807, 2.05) is 42.6 Å². The van der Waals surface area contributed by atoms with E-state index in [0.717, 1.165) is 22.0 Å². The molecule has 37 heavy (non-hydrogen) atoms. The lowest BCUT2D eigenvalue weighted by atomic mass is 9.96. The first-order chi connectivity index (χ1) is 17.8. The average molecular weight is 499 g/mol. The molecule has 0 fully saturated rings. The smallest absolute Gasteiger partial charge is 0.272 e. The van der Waals surface area contributed by atoms with E-state index in [1.54, 1.807) is 14.0 Å². The number of rotatable bonds is 7. The maximum absolute atomic E-state index is 13.1. The first kappa shape index (κ1) is 24.3. The monoisotopic (exact) mass is 498 g/mol. The summed E-state index contributed by atoms with van der Waals surface area (Å²) in [6.45, 7) is 4.68. The van der Waals surface area contributed by atoms with Gasteiger partial charge >= 0.3 is 0 Å². The molecule has 0 radical (unpaired) electrons. The lowest BCUT2D eigenvalue weighted by Crippen LogP contribution is -2.62. The summed E-state index contributed by atoms with van der Waals surface area (Å²) in [5, 5.41) is 11.3. The number of aromatic amines is 1. The van der Waals surface area contributed by atoms with Crippen LogP contribution in [0.1, 0.15) is 44.6 Å². The molecule has 1 unspecified atom stereocenters. The van der Waals surface area contributed by atoms with E-state index in [2.05, 4.69) is 39.8 Å². The van der Waals surface area contributed by atoms with Crippen LogP contribution < -0.4 is 10.6 Å². The molecule has 0 spiro atoms. The third-order valence-corrected chi connectivity index (χ3v) is 7.12. The van der Waals surface area contributed by atoms with Crippen LogP contribution in [0.25, 0.3) is 10.9 Å². The van der Waals surface area contributed by atoms with Gasteiger partial charge in [0.2, 0.25) is 5.91 Å². The zero-order valence-electron chi connectivity index (χ0n) is 21.2. The number of benzene rings is 2. The van der Waals surface area contributed by atoms with Crippen LogP contribution in [0, 0.1) is 6.92 Å². The predicted molar refractivity (Wildman–Crippen MR) is 140 cm³/mol. The molecule has 0 saturated heterocycles. The Hall–Kier alpha value is -4.40. The number of hydrogen-bond acceptors (Lipinski definition) is 4. The number of nitrogens with one attached hydrogen (secondary N) is 3. The van der Waals surface area contributed by atoms with Crippen molar-refractivity contribution in [3.63, 3.8) is 0 Å². The predicted octanol–water partition coefficient (Wildman–Crippen LogP) is 2.81. The maximum Gasteiger partial charge on any atom is 0.272 e. The third-order valence-electron chi connectivity index (χ3n) is 7.12. The molecule has 0 bridgehead atoms. The second-order valence-electron chi connectivity index (χ2n) is 9.75. The van der Waals surface area contributed by atoms with E-state index in [0.29, 0.717) is 19.5 Å². The molecule has 2 aromatic heterocycles. The number of aryl methyl sites for hydroxylation is 1. The second-order valence-corrected chi connectivity index (χ2v) is 9.75. The highest BCUT2D eigenvalue weighted by atomic mass is 16.2. The average Bonchev–Trinajstić information content (AvgIpc) is 3.50. The SMILES string of the molecule is Cc1ccc2[nH]cc(CCNC(=O)c3cc4n(n3)CC(C)(C(=O)NCc3ccccc3)N(C)C4=O)c2c1. The molecule has 190 valence electrons. The molecule has 0 aliphatic carbocycles. The van der Waals surface area contributed by atoms with Crippen molar-refractivity contribution in [3.05, 3.63) is 88.9 Å². The number of nitrogens with zero attached hydrogens (tertiary/aromatic N) is 3. The molecular formula is C28H30N6O3. The number of carbonyl (C=O) groups excluding carboxylic acids is 3. The summed E-state index contributed by atoms with van der Waals surface area (Å²) in [5.74, 6) is -0.999. The highest BCUT2D eigenvalue weighted by Gasteiger charge is 2.46. The zero-order valence-corrected chi connectivity index (χ0v) is 21.2. The van der Waals surface area contributed by atoms with Crippen molar-refractivity contribution in [2.24, 2.45) is 0 Å². The Bertz CT molecular complexity index is 1490. The normalized spacial score (nSPS) is 17.1. The molecular weight excluding hydrogens is 468 g/mol. The van der Waals surface area contributed by atoms with Crippen molar-refractivity contribution in [3.8, 4) is 0 Å². The fraction of sp³-hybridized carbons (Fsp3) is 0.286. The van der Waals surface area contributed by atoms with Crippen LogP contribution in [-0.2, 0) is 24.3 Å². The molecule has 1 atom stereocenters. The van der Waals surface area contributed by atoms with E-state index in [1.165, 1.54) is 21.2 Å². The lowest BCUT2D eigenvalue weighted by Gasteiger charge is -2.40. The molecule has 5 rings (SSSR count). The highest BCUT2D eigenvalue weighted by molar-refractivity contribution is 6.01. The first-order valence-electron chi connectivity index (χ1n) is 12.3. The summed E-state index contributed by atoms with van der Waals surface area (Å²) in [5.41, 5.74) is 3.62. The first-order valence-corrected chi connectivity index (χ1v) is 12.3. The van der Waals surface area contributed by atoms with Gasteiger partial charge in [0.25, 0.3) is 11.8 Å². The summed E-state index contributed by atoms with van der Waals surface area (Å²) >= 11 is 0. The van der Waals surface area contributed by atoms with Crippen molar-refractivity contribution in [1.82, 2.24) is 30.3 Å². The van der Waals surface area contributed by atoms with Gasteiger partial charge in [0.15, 0.2) is 5.69 Å². The Kier molecular flexibility index (Phi) is 6.29. The topological polar surface area (TPSA) is 112 Å². The number of fused-ring (bicyclic) bond motifs is 2. The number of hydrogen-bond donors (Lipinski definition) is 3. The quantitative estimate of drug-likeness (QED) is 0.364. The van der Waals surface area contributed by atoms with Crippen molar-refractivity contribution in [2.75, 3.05) is 13.6 Å². The highest BCUT2D eigenvalue weighted by Crippen LogP contribution is 2.26. The van der Waals surface area contributed by atoms with Crippen LogP contribution in [-0.4, -0.2) is 56.5 Å². The molecule has 4 aromatic rings. The molecule has 0 saturated carbocycles. The van der Waals surface area contributed by atoms with Gasteiger partial charge in [-0.2, -0.15) is 5.10 Å². The third kappa shape index (κ3) is 4.60. The van der Waals surface area contributed by atoms with Gasteiger partial charge in [-0.05, 0) is 43.5 Å². The summed E-state index contributed by atoms with van der Waals surface area (Å²) in [7, 11) is 1.60. The van der Waals surface area contributed by atoms with Gasteiger partial charge in [-0.3, -0.25) is 19.1 Å². The Morgan fingerprint density at radius 1 is 1.11 bits per heavy atom. The molecule has 3 heterocycles. The molecule has 1 aliphatic heterocycles. The largest absolute Gasteiger partial charge is 0.361 e. The fourth-order valence-corrected chi connectivity index (χ4v) is 4.71. The summed E-state index contributed by atoms with van der Waals surface area (Å²) in [6.07, 6.45) is 2.62. The van der Waals surface area contributed by atoms with Crippen LogP contribution in [0.2, 0.25) is 0 Å². The molecule has 1 aliphatic rings. The van der Waals surface area contributed by atoms with Gasteiger partial charge in [-0.25, -0.2) is 0 Å². The molecule has 3 N–H and O–H groups in total. The Morgan fingerprint density at radius 2 is 1.89 bits per heavy atom. The van der Waals surface area contributed by atoms with Crippen LogP contribution in [0.4, 0.5) is 0 Å². The Balaban J connectivity index is 1.25. The van der Waals surface area contributed by atoms with Gasteiger partial charge in [-0.15, -0.1) is 0 Å². The van der Waals surface area contributed by atoms with E-state index in [4.69, 9.17) is 0 Å². The fourth-order valence-electron chi connectivity index (χ4n) is 4.71. The summed E-state index contributed by atoms with van der Waals surface area (Å²) < 4.78 is 1.46. The van der Waals surface area contributed by atoms with Crippen molar-refractivity contribution >= 4 is 28.6 Å². The van der Waals surface area contributed by atoms with Crippen molar-refractivity contribution in [2.45, 2.75) is 38.9 Å². The Labute approximate surface area is 214 Å². The van der Waals surface area contributed by atoms with Crippen LogP contribution in [0.3, 0.4) is 0 Å². The van der Waals surface area contributed by atoms with Gasteiger partial charge in [0.1, 0.15) is 11.2 Å². The molecule has 9 heteroatoms. The molecule has 2 aromatic carbocycles. The lowest BCUT2D eigenvalue weighted by molar-refractivity contribution is -0.132. The van der Waals surface area contributed by atoms with E-state index in [9.17, 15) is 14.4 Å². The standard InChI is InChI=1S/C28H30N6O3/c1-18-9-10-22-21(13-18)20(16-30-22)11-12-29-25(35)23-14-24-26(36)33(3)28(2,17-34(24)32-23)27(37)31-15-19-7-5-4-6-8-19/h4-10,13-14,16,30H,11-12,15,17H2,1-3H3,(H,29,35)(H,31,37). The second kappa shape index (κ2) is 9.57. The number of likely N-dealkylation sites (N-methyl/N-ethyl adjacent to an activating group) is 1. The molecule has 9 nitrogen and oxygen atoms in total. The van der Waals surface area contributed by atoms with Crippen LogP contribution in [0.15, 0.2) is 60.8 Å². The maximum atomic E-state index is 13.1. The number of carbonyl (C=O) groups is 3. The minimum atomic E-state index is -1.15. The van der Waals surface area contributed by atoms with Gasteiger partial charge in [0, 0.05) is 43.3 Å². The minimum Gasteiger partial charge on any atom is -0.361 e. The zero-order chi connectivity index (χ0) is 26.2. The molecule has 3 amide bonds. The van der Waals surface area contributed by atoms with Crippen LogP contribution in [0.5, 0.6) is 0 Å². The number of aromatic nitrogens is 3. The Morgan fingerprint density at radius 3 is 2.68 bits per heavy atom. The summed E-state index contributed by atoms with van der Waals surface area (Å²) in [4.78, 5) is 43.8. The summed E-state index contributed by atoms with van der Waals surface area (Å²) in [6, 6.07) is 17.3. The van der Waals surface area contributed by atoms with Crippen molar-refractivity contribution < 1.29 is 14.4 Å². The van der Waals surface area contributed by atoms with E-state index >= 15 is 0 Å². The number of H-pyrrole nitrogens is 1. The number of amides is 3.